The minimum atomic E-state index is -0.711. The molecule has 0 aliphatic carbocycles. The number of rotatable bonds is 104. The molecule has 1 aromatic rings. The number of carbonyl (C=O) groups is 6. The van der Waals surface area contributed by atoms with Crippen molar-refractivity contribution in [3.05, 3.63) is 35.4 Å². The van der Waals surface area contributed by atoms with E-state index < -0.39 is 5.97 Å². The Morgan fingerprint density at radius 3 is 0.828 bits per heavy atom. The van der Waals surface area contributed by atoms with Crippen LogP contribution in [0.15, 0.2) is 44.9 Å². The second-order valence-electron chi connectivity index (χ2n) is 40.3. The lowest BCUT2D eigenvalue weighted by Gasteiger charge is -2.18. The fourth-order valence-electron chi connectivity index (χ4n) is 16.4. The molecule has 0 aromatic heterocycles. The highest BCUT2D eigenvalue weighted by molar-refractivity contribution is 6.20. The lowest BCUT2D eigenvalue weighted by molar-refractivity contribution is -0.150. The van der Waals surface area contributed by atoms with Crippen LogP contribution in [-0.4, -0.2) is 191 Å². The number of hydrogen-bond acceptors (Lipinski definition) is 22. The normalized spacial score (nSPS) is 12.0. The number of esters is 1. The molecule has 0 spiro atoms. The third-order valence-electron chi connectivity index (χ3n) is 25.5. The molecular formula is C120H233ClN8O16. The van der Waals surface area contributed by atoms with Crippen LogP contribution in [0.5, 0.6) is 0 Å². The summed E-state index contributed by atoms with van der Waals surface area (Å²) in [5.74, 6) is 3.41. The number of aliphatic hydroxyl groups is 2. The third-order valence-corrected chi connectivity index (χ3v) is 25.5. The summed E-state index contributed by atoms with van der Waals surface area (Å²) in [5, 5.41) is 45.6. The number of carboxylic acid groups (broad SMARTS) is 1. The van der Waals surface area contributed by atoms with E-state index in [1.54, 1.807) is 24.3 Å². The fraction of sp³-hybridized carbons (Fsp3) is 0.867. The van der Waals surface area contributed by atoms with Crippen molar-refractivity contribution in [2.24, 2.45) is 26.5 Å². The van der Waals surface area contributed by atoms with Gasteiger partial charge in [0.15, 0.2) is 0 Å². The van der Waals surface area contributed by atoms with E-state index >= 15 is 0 Å². The Morgan fingerprint density at radius 1 is 0.331 bits per heavy atom. The molecule has 0 saturated carbocycles. The number of unbranched alkanes of at least 4 members (excludes halogenated alkanes) is 60. The number of hydrogen-bond donors (Lipinski definition) is 4. The van der Waals surface area contributed by atoms with Crippen molar-refractivity contribution in [2.45, 2.75) is 594 Å². The minimum absolute atomic E-state index is 0. The van der Waals surface area contributed by atoms with Gasteiger partial charge in [-0.25, -0.2) is 5.90 Å². The largest absolute Gasteiger partial charge is 0.481 e. The number of halogens is 1. The molecule has 24 nitrogen and oxygen atoms in total. The first-order chi connectivity index (χ1) is 70.0. The molecule has 2 amide bonds. The molecule has 1 aliphatic rings. The zero-order chi connectivity index (χ0) is 105. The average molecular weight is 2080 g/mol. The number of aldehydes is 2. The van der Waals surface area contributed by atoms with Crippen molar-refractivity contribution in [1.82, 2.24) is 14.9 Å². The molecular weight excluding hydrogens is 1840 g/mol. The number of amides is 2. The minimum Gasteiger partial charge on any atom is -0.481 e. The predicted molar refractivity (Wildman–Crippen MR) is 616 cm³/mol. The van der Waals surface area contributed by atoms with Gasteiger partial charge < -0.3 is 63.6 Å². The van der Waals surface area contributed by atoms with Crippen LogP contribution in [-0.2, 0) is 52.9 Å². The van der Waals surface area contributed by atoms with Gasteiger partial charge in [-0.05, 0) is 246 Å². The first-order valence-electron chi connectivity index (χ1n) is 59.4. The highest BCUT2D eigenvalue weighted by atomic mass is 35.5. The maximum atomic E-state index is 12.5. The van der Waals surface area contributed by atoms with Crippen molar-refractivity contribution in [3.8, 4) is 0 Å². The number of carboxylic acids is 1. The summed E-state index contributed by atoms with van der Waals surface area (Å²) in [6.45, 7) is 19.3. The topological polar surface area (TPSA) is 313 Å². The van der Waals surface area contributed by atoms with Crippen molar-refractivity contribution < 1.29 is 77.8 Å². The maximum absolute atomic E-state index is 12.5. The van der Waals surface area contributed by atoms with E-state index in [9.17, 15) is 39.0 Å². The number of benzene rings is 1. The number of ether oxygens (including phenoxy) is 1. The maximum Gasteiger partial charge on any atom is 0.306 e. The average Bonchev–Trinajstić information content (AvgIpc) is 1.64. The lowest BCUT2D eigenvalue weighted by atomic mass is 10.0. The monoisotopic (exact) mass is 2080 g/mol. The fourth-order valence-corrected chi connectivity index (χ4v) is 16.4. The lowest BCUT2D eigenvalue weighted by Crippen LogP contribution is -2.30. The third kappa shape index (κ3) is 125. The van der Waals surface area contributed by atoms with Crippen molar-refractivity contribution in [1.29, 1.82) is 0 Å². The van der Waals surface area contributed by atoms with Gasteiger partial charge in [0, 0.05) is 50.5 Å². The van der Waals surface area contributed by atoms with Crippen LogP contribution in [0.25, 0.3) is 0 Å². The highest BCUT2D eigenvalue weighted by Gasteiger charge is 2.36. The number of nitrogens with zero attached hydrogens (tertiary/aromatic N) is 7. The number of aliphatic hydroxyl groups excluding tert-OH is 2. The van der Waals surface area contributed by atoms with Gasteiger partial charge in [-0.2, -0.15) is 0 Å². The van der Waals surface area contributed by atoms with Crippen LogP contribution in [0, 0.1) is 0 Å². The van der Waals surface area contributed by atoms with Crippen molar-refractivity contribution in [2.75, 3.05) is 80.9 Å². The van der Waals surface area contributed by atoms with Gasteiger partial charge in [0.2, 0.25) is 0 Å². The smallest absolute Gasteiger partial charge is 0.306 e. The van der Waals surface area contributed by atoms with Crippen LogP contribution in [0.2, 0.25) is 0 Å². The van der Waals surface area contributed by atoms with E-state index in [0.29, 0.717) is 43.6 Å². The Morgan fingerprint density at radius 2 is 0.566 bits per heavy atom. The number of aliphatic carboxylic acids is 1. The number of nitrogens with two attached hydrogens (primary N) is 1. The second-order valence-corrected chi connectivity index (χ2v) is 40.3. The molecule has 0 fully saturated rings. The summed E-state index contributed by atoms with van der Waals surface area (Å²) in [5.41, 5.74) is 0.858. The van der Waals surface area contributed by atoms with Crippen LogP contribution in [0.1, 0.15) is 596 Å². The van der Waals surface area contributed by atoms with E-state index in [1.165, 1.54) is 327 Å². The Bertz CT molecular complexity index is 2740. The van der Waals surface area contributed by atoms with Crippen molar-refractivity contribution in [3.63, 3.8) is 0 Å². The summed E-state index contributed by atoms with van der Waals surface area (Å²) in [7, 11) is 7.96. The molecule has 1 aromatic carbocycles. The van der Waals surface area contributed by atoms with Crippen molar-refractivity contribution >= 4 is 73.6 Å². The van der Waals surface area contributed by atoms with Gasteiger partial charge >= 0.3 is 11.9 Å². The van der Waals surface area contributed by atoms with Gasteiger partial charge in [0.25, 0.3) is 11.8 Å². The standard InChI is InChI=1S/C39H77N3O4.C33H66N2O3.C19H36O3.C15H19NO3.C7H17NO.C6H13NO2.CH4.ClH/c1-5-7-9-21-27-36-44-40-33-25-19-15-11-13-17-23-30-38(46-39(43)32-29-35-42(3)4)31-24-18-14-12-16-20-26-34-41-45-37-28-22-10-8-6-2;1-3-5-7-19-25-31-37-34-29-23-17-13-9-11-15-21-27-33(36)28-22-16-12-10-14-18-24-30-35-38-32-26-20-8-6-4-2;20-17-13-9-5-1-3-7-11-15-19(22)16-12-8-4-2-6-10-14-18-21;1-2-3-4-5-8-11-19-16-14(17)12-9-6-7-10-13(12)15(16)18;1-2-3-4-5-6-7-9-8;1-7(2)5-3-4-6(8)9;;/h33-34,38H,5-32,35-37H2,1-4H3;29-30,33,36H,3-28,31-32H2,1-2H3;17-19,22H,1-16H2;6-7,9-10H,2-5,8,11H2,1H3;2-8H2,1H3;3-5H2,1-2H3,(H,8,9);1H4;1H. The molecule has 145 heavy (non-hydrogen) atoms. The van der Waals surface area contributed by atoms with E-state index in [2.05, 4.69) is 71.9 Å². The molecule has 0 unspecified atom stereocenters. The van der Waals surface area contributed by atoms with Gasteiger partial charge in [0.05, 0.1) is 36.5 Å². The molecule has 25 heteroatoms. The number of fused-ring (bicyclic) bond motifs is 1. The van der Waals surface area contributed by atoms with E-state index in [4.69, 9.17) is 39.9 Å². The number of hydroxylamine groups is 2. The number of imide groups is 1. The summed E-state index contributed by atoms with van der Waals surface area (Å²) >= 11 is 0. The van der Waals surface area contributed by atoms with Gasteiger partial charge in [-0.3, -0.25) is 24.0 Å². The van der Waals surface area contributed by atoms with Gasteiger partial charge in [0.1, 0.15) is 45.1 Å². The first-order valence-corrected chi connectivity index (χ1v) is 59.4. The quantitative estimate of drug-likeness (QED) is 0.0118. The molecule has 0 atom stereocenters. The molecule has 5 N–H and O–H groups in total. The van der Waals surface area contributed by atoms with Crippen LogP contribution < -0.4 is 5.90 Å². The van der Waals surface area contributed by atoms with E-state index in [1.807, 2.05) is 57.9 Å². The number of oxime groups is 4. The summed E-state index contributed by atoms with van der Waals surface area (Å²) in [6.07, 6.45) is 104. The van der Waals surface area contributed by atoms with E-state index in [-0.39, 0.29) is 62.4 Å². The van der Waals surface area contributed by atoms with Crippen LogP contribution >= 0.6 is 12.4 Å². The first kappa shape index (κ1) is 150. The molecule has 2 rings (SSSR count). The predicted octanol–water partition coefficient (Wildman–Crippen LogP) is 33.5. The Kier molecular flexibility index (Phi) is 135. The molecule has 0 radical (unpaired) electrons. The molecule has 856 valence electrons. The zero-order valence-corrected chi connectivity index (χ0v) is 95.7. The molecule has 0 saturated heterocycles. The van der Waals surface area contributed by atoms with Crippen LogP contribution in [0.4, 0.5) is 0 Å². The molecule has 1 aliphatic heterocycles. The summed E-state index contributed by atoms with van der Waals surface area (Å²) in [6, 6.07) is 6.80. The highest BCUT2D eigenvalue weighted by Crippen LogP contribution is 2.25. The van der Waals surface area contributed by atoms with Gasteiger partial charge in [-0.15, -0.1) is 17.5 Å². The Labute approximate surface area is 897 Å². The SMILES string of the molecule is C.CCCCCCCON.CCCCCCCON1C(=O)c2ccccc2C1=O.CCCCCCCON=CCCCCCCCCC(CCCCCCCCC=NOCCCCCCC)OC(=O)CCCN(C)C.CCCCCCCON=CCCCCCCCCC(O)CCCCCCCCC=NOCCCCCCC.CN(C)CCCC(=O)O.Cl.O=CCCCCCCCCC(O)CCCCCCCCC=O. The summed E-state index contributed by atoms with van der Waals surface area (Å²) < 4.78 is 5.97. The summed E-state index contributed by atoms with van der Waals surface area (Å²) in [4.78, 5) is 102. The van der Waals surface area contributed by atoms with Crippen LogP contribution in [0.3, 0.4) is 0 Å². The zero-order valence-electron chi connectivity index (χ0n) is 94.9. The van der Waals surface area contributed by atoms with E-state index in [0.717, 1.165) is 231 Å². The second kappa shape index (κ2) is 131. The Hall–Kier alpha value is -5.47. The number of carbonyl (C=O) groups excluding carboxylic acids is 5. The Balaban J connectivity index is -0.000000433. The molecule has 0 bridgehead atoms. The van der Waals surface area contributed by atoms with Gasteiger partial charge in [-0.1, -0.05) is 390 Å². The molecule has 1 heterocycles.